The van der Waals surface area contributed by atoms with Crippen LogP contribution in [0.4, 0.5) is 5.82 Å². The van der Waals surface area contributed by atoms with Crippen LogP contribution in [0, 0.1) is 0 Å². The Morgan fingerprint density at radius 3 is 2.75 bits per heavy atom. The summed E-state index contributed by atoms with van der Waals surface area (Å²) in [7, 11) is 1.53. The number of esters is 1. The summed E-state index contributed by atoms with van der Waals surface area (Å²) in [6.07, 6.45) is 1.26. The van der Waals surface area contributed by atoms with Crippen molar-refractivity contribution in [1.29, 1.82) is 0 Å². The molecule has 0 fully saturated rings. The molecule has 10 nitrogen and oxygen atoms in total. The van der Waals surface area contributed by atoms with Crippen LogP contribution in [0.25, 0.3) is 0 Å². The minimum absolute atomic E-state index is 0.0642. The fraction of sp³-hybridized carbons (Fsp3) is 0.333. The molecule has 1 aliphatic heterocycles. The number of benzene rings is 1. The van der Waals surface area contributed by atoms with Crippen LogP contribution >= 0.6 is 0 Å². The number of anilines is 1. The summed E-state index contributed by atoms with van der Waals surface area (Å²) in [5.74, 6) is -1.14. The van der Waals surface area contributed by atoms with Crippen LogP contribution in [0.3, 0.4) is 0 Å². The Balaban J connectivity index is 1.66. The lowest BCUT2D eigenvalue weighted by Crippen LogP contribution is -2.37. The Kier molecular flexibility index (Phi) is 5.48. The fourth-order valence-electron chi connectivity index (χ4n) is 2.64. The van der Waals surface area contributed by atoms with E-state index in [-0.39, 0.29) is 24.8 Å². The van der Waals surface area contributed by atoms with Gasteiger partial charge in [0.2, 0.25) is 6.79 Å². The fourth-order valence-corrected chi connectivity index (χ4v) is 2.64. The van der Waals surface area contributed by atoms with Crippen molar-refractivity contribution in [3.63, 3.8) is 0 Å². The third-order valence-electron chi connectivity index (χ3n) is 4.12. The molecule has 2 heterocycles. The Hall–Kier alpha value is -3.56. The first-order chi connectivity index (χ1) is 13.4. The highest BCUT2D eigenvalue weighted by atomic mass is 16.7. The Morgan fingerprint density at radius 2 is 2.00 bits per heavy atom. The monoisotopic (exact) mass is 388 g/mol. The van der Waals surface area contributed by atoms with Crippen LogP contribution in [0.2, 0.25) is 0 Å². The number of ether oxygens (including phenoxy) is 3. The zero-order valence-corrected chi connectivity index (χ0v) is 15.6. The maximum absolute atomic E-state index is 12.3. The number of aromatic nitrogens is 2. The Bertz CT molecular complexity index is 923. The van der Waals surface area contributed by atoms with Gasteiger partial charge in [0, 0.05) is 7.05 Å². The highest BCUT2D eigenvalue weighted by Crippen LogP contribution is 2.34. The zero-order valence-electron chi connectivity index (χ0n) is 15.6. The van der Waals surface area contributed by atoms with Crippen molar-refractivity contribution < 1.29 is 28.6 Å². The van der Waals surface area contributed by atoms with Crippen molar-refractivity contribution in [2.75, 3.05) is 18.7 Å². The maximum atomic E-state index is 12.3. The summed E-state index contributed by atoms with van der Waals surface area (Å²) in [6, 6.07) is 4.80. The first-order valence-electron chi connectivity index (χ1n) is 8.61. The molecule has 2 N–H and O–H groups in total. The molecule has 1 aromatic carbocycles. The van der Waals surface area contributed by atoms with Gasteiger partial charge >= 0.3 is 17.8 Å². The van der Waals surface area contributed by atoms with Gasteiger partial charge in [0.25, 0.3) is 0 Å². The Morgan fingerprint density at radius 1 is 1.25 bits per heavy atom. The third-order valence-corrected chi connectivity index (χ3v) is 4.12. The van der Waals surface area contributed by atoms with Gasteiger partial charge in [-0.1, -0.05) is 6.07 Å². The molecule has 10 heteroatoms. The zero-order chi connectivity index (χ0) is 20.3. The second kappa shape index (κ2) is 7.99. The van der Waals surface area contributed by atoms with E-state index in [1.54, 1.807) is 32.0 Å². The molecule has 1 atom stereocenters. The lowest BCUT2D eigenvalue weighted by atomic mass is 10.1. The van der Waals surface area contributed by atoms with Gasteiger partial charge in [-0.15, -0.1) is 0 Å². The summed E-state index contributed by atoms with van der Waals surface area (Å²) < 4.78 is 16.8. The van der Waals surface area contributed by atoms with E-state index in [0.29, 0.717) is 11.5 Å². The number of hydrogen-bond acceptors (Lipinski definition) is 7. The lowest BCUT2D eigenvalue weighted by molar-refractivity contribution is -0.136. The van der Waals surface area contributed by atoms with Crippen LogP contribution in [0.1, 0.15) is 35.8 Å². The number of nitrogens with zero attached hydrogens (tertiary/aromatic N) is 2. The molecule has 2 amide bonds. The van der Waals surface area contributed by atoms with Gasteiger partial charge < -0.3 is 24.8 Å². The molecule has 0 saturated carbocycles. The molecule has 1 aromatic heterocycles. The molecular weight excluding hydrogens is 368 g/mol. The molecule has 1 aliphatic rings. The first kappa shape index (κ1) is 19.2. The summed E-state index contributed by atoms with van der Waals surface area (Å²) >= 11 is 0. The van der Waals surface area contributed by atoms with Gasteiger partial charge in [0.05, 0.1) is 18.8 Å². The van der Waals surface area contributed by atoms with Crippen LogP contribution in [0.5, 0.6) is 11.5 Å². The molecule has 28 heavy (non-hydrogen) atoms. The second-order valence-electron chi connectivity index (χ2n) is 6.01. The number of nitrogens with one attached hydrogen (secondary N) is 2. The van der Waals surface area contributed by atoms with Crippen molar-refractivity contribution in [2.24, 2.45) is 7.05 Å². The number of hydrogen-bond donors (Lipinski definition) is 2. The standard InChI is InChI=1S/C18H20N4O6/c1-4-26-18(25)12-8-19-22(3)15(12)21-17(24)16(23)20-10(2)11-5-6-13-14(7-11)28-9-27-13/h5-8,10H,4,9H2,1-3H3,(H,20,23)(H,21,24)/t10-/m0/s1. The molecule has 2 aromatic rings. The molecule has 148 valence electrons. The normalized spacial score (nSPS) is 13.0. The largest absolute Gasteiger partial charge is 0.462 e. The van der Waals surface area contributed by atoms with Gasteiger partial charge in [0.15, 0.2) is 11.5 Å². The van der Waals surface area contributed by atoms with E-state index >= 15 is 0 Å². The average Bonchev–Trinajstić information content (AvgIpc) is 3.28. The van der Waals surface area contributed by atoms with Crippen LogP contribution in [-0.4, -0.2) is 41.0 Å². The number of aryl methyl sites for hydroxylation is 1. The topological polar surface area (TPSA) is 121 Å². The molecule has 0 saturated heterocycles. The number of rotatable bonds is 5. The van der Waals surface area contributed by atoms with E-state index < -0.39 is 23.8 Å². The maximum Gasteiger partial charge on any atom is 0.343 e. The lowest BCUT2D eigenvalue weighted by Gasteiger charge is -2.15. The molecule has 0 bridgehead atoms. The minimum atomic E-state index is -0.929. The average molecular weight is 388 g/mol. The Labute approximate surface area is 160 Å². The van der Waals surface area contributed by atoms with E-state index in [1.165, 1.54) is 17.9 Å². The number of amides is 2. The van der Waals surface area contributed by atoms with Crippen LogP contribution in [0.15, 0.2) is 24.4 Å². The molecule has 0 spiro atoms. The summed E-state index contributed by atoms with van der Waals surface area (Å²) in [5.41, 5.74) is 0.812. The van der Waals surface area contributed by atoms with E-state index in [0.717, 1.165) is 5.56 Å². The van der Waals surface area contributed by atoms with Gasteiger partial charge in [-0.25, -0.2) is 4.79 Å². The predicted molar refractivity (Wildman–Crippen MR) is 96.9 cm³/mol. The van der Waals surface area contributed by atoms with Crippen molar-refractivity contribution in [3.8, 4) is 11.5 Å². The first-order valence-corrected chi connectivity index (χ1v) is 8.61. The number of carbonyl (C=O) groups excluding carboxylic acids is 3. The number of carbonyl (C=O) groups is 3. The van der Waals surface area contributed by atoms with Crippen LogP contribution in [-0.2, 0) is 21.4 Å². The van der Waals surface area contributed by atoms with Gasteiger partial charge in [-0.3, -0.25) is 14.3 Å². The molecule has 0 unspecified atom stereocenters. The highest BCUT2D eigenvalue weighted by molar-refractivity contribution is 6.39. The van der Waals surface area contributed by atoms with E-state index in [2.05, 4.69) is 15.7 Å². The van der Waals surface area contributed by atoms with Crippen molar-refractivity contribution >= 4 is 23.6 Å². The molecule has 3 rings (SSSR count). The highest BCUT2D eigenvalue weighted by Gasteiger charge is 2.24. The summed E-state index contributed by atoms with van der Waals surface area (Å²) in [4.78, 5) is 36.5. The molecule has 0 aliphatic carbocycles. The quantitative estimate of drug-likeness (QED) is 0.582. The predicted octanol–water partition coefficient (Wildman–Crippen LogP) is 1.14. The third kappa shape index (κ3) is 3.90. The number of fused-ring (bicyclic) bond motifs is 1. The van der Waals surface area contributed by atoms with Gasteiger partial charge in [-0.05, 0) is 31.5 Å². The van der Waals surface area contributed by atoms with Crippen molar-refractivity contribution in [2.45, 2.75) is 19.9 Å². The van der Waals surface area contributed by atoms with E-state index in [4.69, 9.17) is 14.2 Å². The van der Waals surface area contributed by atoms with Crippen molar-refractivity contribution in [3.05, 3.63) is 35.5 Å². The molecule has 0 radical (unpaired) electrons. The SMILES string of the molecule is CCOC(=O)c1cnn(C)c1NC(=O)C(=O)N[C@@H](C)c1ccc2c(c1)OCO2. The van der Waals surface area contributed by atoms with Gasteiger partial charge in [-0.2, -0.15) is 5.10 Å². The smallest absolute Gasteiger partial charge is 0.343 e. The summed E-state index contributed by atoms with van der Waals surface area (Å²) in [5, 5.41) is 8.92. The van der Waals surface area contributed by atoms with Crippen LogP contribution < -0.4 is 20.1 Å². The second-order valence-corrected chi connectivity index (χ2v) is 6.01. The van der Waals surface area contributed by atoms with E-state index in [9.17, 15) is 14.4 Å². The van der Waals surface area contributed by atoms with Gasteiger partial charge in [0.1, 0.15) is 11.4 Å². The van der Waals surface area contributed by atoms with Crippen molar-refractivity contribution in [1.82, 2.24) is 15.1 Å². The van der Waals surface area contributed by atoms with E-state index in [1.807, 2.05) is 0 Å². The summed E-state index contributed by atoms with van der Waals surface area (Å²) in [6.45, 7) is 3.72. The minimum Gasteiger partial charge on any atom is -0.462 e. The molecular formula is C18H20N4O6.